The van der Waals surface area contributed by atoms with Gasteiger partial charge in [-0.15, -0.1) is 0 Å². The van der Waals surface area contributed by atoms with E-state index >= 15 is 0 Å². The maximum absolute atomic E-state index is 11.8. The summed E-state index contributed by atoms with van der Waals surface area (Å²) in [6, 6.07) is -0.158. The van der Waals surface area contributed by atoms with Crippen molar-refractivity contribution in [3.63, 3.8) is 0 Å². The number of amides is 2. The molecule has 0 bridgehead atoms. The van der Waals surface area contributed by atoms with Gasteiger partial charge in [0, 0.05) is 17.8 Å². The van der Waals surface area contributed by atoms with E-state index in [1.807, 2.05) is 6.92 Å². The van der Waals surface area contributed by atoms with E-state index in [2.05, 4.69) is 20.6 Å². The molecule has 0 spiro atoms. The van der Waals surface area contributed by atoms with E-state index < -0.39 is 5.41 Å². The molecule has 3 N–H and O–H groups in total. The lowest BCUT2D eigenvalue weighted by atomic mass is 9.96. The third-order valence-corrected chi connectivity index (χ3v) is 2.68. The highest BCUT2D eigenvalue weighted by molar-refractivity contribution is 5.87. The minimum atomic E-state index is -0.495. The van der Waals surface area contributed by atoms with E-state index in [0.717, 1.165) is 12.2 Å². The molecule has 0 saturated heterocycles. The molecule has 1 aromatic rings. The monoisotopic (exact) mass is 266 g/mol. The Morgan fingerprint density at radius 3 is 2.58 bits per heavy atom. The second kappa shape index (κ2) is 6.36. The first-order valence-electron chi connectivity index (χ1n) is 6.41. The topological polar surface area (TPSA) is 86.9 Å². The molecule has 0 aromatic carbocycles. The van der Waals surface area contributed by atoms with Crippen molar-refractivity contribution in [2.45, 2.75) is 40.2 Å². The fourth-order valence-corrected chi connectivity index (χ4v) is 1.50. The maximum atomic E-state index is 11.8. The highest BCUT2D eigenvalue weighted by Crippen LogP contribution is 2.12. The number of nitrogens with one attached hydrogen (secondary N) is 3. The van der Waals surface area contributed by atoms with Crippen molar-refractivity contribution in [1.29, 1.82) is 0 Å². The summed E-state index contributed by atoms with van der Waals surface area (Å²) in [4.78, 5) is 30.5. The molecular formula is C13H22N4O2. The first-order chi connectivity index (χ1) is 8.84. The van der Waals surface area contributed by atoms with Crippen LogP contribution in [0.4, 0.5) is 0 Å². The van der Waals surface area contributed by atoms with Crippen molar-refractivity contribution in [2.24, 2.45) is 5.41 Å². The molecule has 1 heterocycles. The van der Waals surface area contributed by atoms with Gasteiger partial charge in [-0.05, 0) is 6.42 Å². The Hall–Kier alpha value is -1.85. The van der Waals surface area contributed by atoms with Crippen molar-refractivity contribution in [3.05, 3.63) is 18.2 Å². The third kappa shape index (κ3) is 4.73. The third-order valence-electron chi connectivity index (χ3n) is 2.68. The summed E-state index contributed by atoms with van der Waals surface area (Å²) in [6.07, 6.45) is 4.09. The number of rotatable bonds is 5. The molecule has 19 heavy (non-hydrogen) atoms. The molecule has 0 fully saturated rings. The summed E-state index contributed by atoms with van der Waals surface area (Å²) in [5.74, 6) is 0.354. The van der Waals surface area contributed by atoms with Gasteiger partial charge in [-0.3, -0.25) is 9.59 Å². The lowest BCUT2D eigenvalue weighted by Gasteiger charge is -2.19. The normalized spacial score (nSPS) is 12.8. The second-order valence-corrected chi connectivity index (χ2v) is 5.44. The van der Waals surface area contributed by atoms with Gasteiger partial charge < -0.3 is 15.6 Å². The zero-order valence-corrected chi connectivity index (χ0v) is 11.9. The van der Waals surface area contributed by atoms with Crippen LogP contribution in [0.2, 0.25) is 0 Å². The first kappa shape index (κ1) is 15.2. The molecule has 106 valence electrons. The number of carbonyl (C=O) groups is 2. The van der Waals surface area contributed by atoms with Gasteiger partial charge in [-0.2, -0.15) is 0 Å². The predicted molar refractivity (Wildman–Crippen MR) is 72.2 cm³/mol. The maximum Gasteiger partial charge on any atom is 0.239 e. The molecule has 1 unspecified atom stereocenters. The van der Waals surface area contributed by atoms with E-state index in [1.54, 1.807) is 33.2 Å². The first-order valence-corrected chi connectivity index (χ1v) is 6.41. The number of imidazole rings is 1. The number of carbonyl (C=O) groups excluding carboxylic acids is 2. The Labute approximate surface area is 113 Å². The van der Waals surface area contributed by atoms with Crippen LogP contribution in [0, 0.1) is 5.41 Å². The van der Waals surface area contributed by atoms with Gasteiger partial charge in [0.05, 0.1) is 12.6 Å². The van der Waals surface area contributed by atoms with Crippen LogP contribution < -0.4 is 10.6 Å². The van der Waals surface area contributed by atoms with Gasteiger partial charge in [0.15, 0.2) is 0 Å². The quantitative estimate of drug-likeness (QED) is 0.747. The van der Waals surface area contributed by atoms with Crippen molar-refractivity contribution >= 4 is 11.8 Å². The highest BCUT2D eigenvalue weighted by atomic mass is 16.2. The van der Waals surface area contributed by atoms with Gasteiger partial charge in [0.1, 0.15) is 5.82 Å². The summed E-state index contributed by atoms with van der Waals surface area (Å²) in [5.41, 5.74) is -0.495. The van der Waals surface area contributed by atoms with Crippen molar-refractivity contribution < 1.29 is 9.59 Å². The summed E-state index contributed by atoms with van der Waals surface area (Å²) in [7, 11) is 0. The van der Waals surface area contributed by atoms with Gasteiger partial charge >= 0.3 is 0 Å². The van der Waals surface area contributed by atoms with E-state index in [9.17, 15) is 9.59 Å². The molecule has 0 radical (unpaired) electrons. The van der Waals surface area contributed by atoms with Crippen LogP contribution in [0.1, 0.15) is 46.0 Å². The minimum Gasteiger partial charge on any atom is -0.347 e. The van der Waals surface area contributed by atoms with Crippen LogP contribution in [0.5, 0.6) is 0 Å². The fraction of sp³-hybridized carbons (Fsp3) is 0.615. The lowest BCUT2D eigenvalue weighted by Crippen LogP contribution is -2.42. The molecule has 0 aliphatic carbocycles. The number of aromatic nitrogens is 2. The summed E-state index contributed by atoms with van der Waals surface area (Å²) in [6.45, 7) is 7.35. The molecule has 0 aliphatic rings. The van der Waals surface area contributed by atoms with Crippen LogP contribution in [0.15, 0.2) is 12.4 Å². The van der Waals surface area contributed by atoms with Crippen molar-refractivity contribution in [2.75, 3.05) is 6.54 Å². The number of aromatic amines is 1. The fourth-order valence-electron chi connectivity index (χ4n) is 1.50. The molecule has 1 aromatic heterocycles. The summed E-state index contributed by atoms with van der Waals surface area (Å²) < 4.78 is 0. The Balaban J connectivity index is 2.45. The van der Waals surface area contributed by atoms with Gasteiger partial charge in [-0.25, -0.2) is 4.98 Å². The molecule has 2 amide bonds. The molecule has 0 saturated carbocycles. The van der Waals surface area contributed by atoms with E-state index in [4.69, 9.17) is 0 Å². The Morgan fingerprint density at radius 2 is 2.11 bits per heavy atom. The second-order valence-electron chi connectivity index (χ2n) is 5.44. The average Bonchev–Trinajstić information content (AvgIpc) is 2.85. The van der Waals surface area contributed by atoms with E-state index in [0.29, 0.717) is 0 Å². The SMILES string of the molecule is CCC(NC(=O)CNC(=O)C(C)(C)C)c1ncc[nH]1. The minimum absolute atomic E-state index is 0.0205. The predicted octanol–water partition coefficient (Wildman–Crippen LogP) is 1.14. The van der Waals surface area contributed by atoms with Gasteiger partial charge in [0.25, 0.3) is 0 Å². The highest BCUT2D eigenvalue weighted by Gasteiger charge is 2.22. The molecule has 6 heteroatoms. The van der Waals surface area contributed by atoms with Gasteiger partial charge in [0.2, 0.25) is 11.8 Å². The van der Waals surface area contributed by atoms with Crippen molar-refractivity contribution in [1.82, 2.24) is 20.6 Å². The smallest absolute Gasteiger partial charge is 0.239 e. The van der Waals surface area contributed by atoms with Crippen LogP contribution in [0.25, 0.3) is 0 Å². The lowest BCUT2D eigenvalue weighted by molar-refractivity contribution is -0.131. The summed E-state index contributed by atoms with van der Waals surface area (Å²) >= 11 is 0. The molecule has 1 atom stereocenters. The van der Waals surface area contributed by atoms with Gasteiger partial charge in [-0.1, -0.05) is 27.7 Å². The zero-order chi connectivity index (χ0) is 14.5. The van der Waals surface area contributed by atoms with E-state index in [1.165, 1.54) is 0 Å². The number of hydrogen-bond donors (Lipinski definition) is 3. The number of nitrogens with zero attached hydrogens (tertiary/aromatic N) is 1. The number of hydrogen-bond acceptors (Lipinski definition) is 3. The number of H-pyrrole nitrogens is 1. The Kier molecular flexibility index (Phi) is 5.09. The zero-order valence-electron chi connectivity index (χ0n) is 11.9. The Morgan fingerprint density at radius 1 is 1.42 bits per heavy atom. The van der Waals surface area contributed by atoms with Crippen LogP contribution >= 0.6 is 0 Å². The molecule has 0 aliphatic heterocycles. The largest absolute Gasteiger partial charge is 0.347 e. The van der Waals surface area contributed by atoms with Crippen LogP contribution in [-0.4, -0.2) is 28.3 Å². The Bertz CT molecular complexity index is 420. The average molecular weight is 266 g/mol. The molecular weight excluding hydrogens is 244 g/mol. The standard InChI is InChI=1S/C13H22N4O2/c1-5-9(11-14-6-7-15-11)17-10(18)8-16-12(19)13(2,3)4/h6-7,9H,5,8H2,1-4H3,(H,14,15)(H,16,19)(H,17,18). The van der Waals surface area contributed by atoms with Crippen LogP contribution in [0.3, 0.4) is 0 Å². The van der Waals surface area contributed by atoms with Crippen molar-refractivity contribution in [3.8, 4) is 0 Å². The summed E-state index contributed by atoms with van der Waals surface area (Å²) in [5, 5.41) is 5.44. The molecule has 1 rings (SSSR count). The van der Waals surface area contributed by atoms with E-state index in [-0.39, 0.29) is 24.4 Å². The molecule has 6 nitrogen and oxygen atoms in total. The van der Waals surface area contributed by atoms with Crippen LogP contribution in [-0.2, 0) is 9.59 Å².